The number of ether oxygens (including phenoxy) is 2. The Morgan fingerprint density at radius 3 is 2.12 bits per heavy atom. The van der Waals surface area contributed by atoms with E-state index in [4.69, 9.17) is 9.47 Å². The summed E-state index contributed by atoms with van der Waals surface area (Å²) < 4.78 is 111. The monoisotopic (exact) mass is 506 g/mol. The van der Waals surface area contributed by atoms with Crippen LogP contribution in [0.2, 0.25) is 0 Å². The normalized spacial score (nSPS) is 12.3. The van der Waals surface area contributed by atoms with Crippen molar-refractivity contribution in [3.8, 4) is 5.75 Å². The molecule has 0 aliphatic carbocycles. The van der Waals surface area contributed by atoms with E-state index in [0.717, 1.165) is 18.9 Å². The number of hydrogen-bond acceptors (Lipinski definition) is 6. The third-order valence-electron chi connectivity index (χ3n) is 4.09. The van der Waals surface area contributed by atoms with Gasteiger partial charge in [-0.2, -0.15) is 26.3 Å². The molecule has 0 aliphatic rings. The lowest BCUT2D eigenvalue weighted by Crippen LogP contribution is -2.21. The van der Waals surface area contributed by atoms with Gasteiger partial charge in [-0.15, -0.1) is 5.69 Å². The van der Waals surface area contributed by atoms with E-state index in [-0.39, 0.29) is 24.9 Å². The SMILES string of the molecule is CCC(=O)OCCCCCCCC(=O)Oc1ccc([N-]S(=O)(=O)C(F)(F)F)c(C(F)(F)F)c1. The predicted octanol–water partition coefficient (Wildman–Crippen LogP) is 5.76. The van der Waals surface area contributed by atoms with Gasteiger partial charge in [-0.05, 0) is 25.0 Å². The third kappa shape index (κ3) is 9.88. The van der Waals surface area contributed by atoms with Crippen LogP contribution >= 0.6 is 0 Å². The Hall–Kier alpha value is -2.51. The van der Waals surface area contributed by atoms with Gasteiger partial charge in [0.25, 0.3) is 0 Å². The molecule has 0 N–H and O–H groups in total. The highest BCUT2D eigenvalue weighted by molar-refractivity contribution is 7.95. The minimum absolute atomic E-state index is 0.124. The highest BCUT2D eigenvalue weighted by atomic mass is 32.2. The van der Waals surface area contributed by atoms with Crippen molar-refractivity contribution in [1.82, 2.24) is 0 Å². The van der Waals surface area contributed by atoms with Gasteiger partial charge in [0.15, 0.2) is 10.0 Å². The van der Waals surface area contributed by atoms with Crippen LogP contribution < -0.4 is 4.74 Å². The zero-order valence-corrected chi connectivity index (χ0v) is 18.3. The molecule has 0 bridgehead atoms. The van der Waals surface area contributed by atoms with Gasteiger partial charge in [-0.3, -0.25) is 9.59 Å². The Morgan fingerprint density at radius 2 is 1.55 bits per heavy atom. The molecule has 1 aromatic rings. The summed E-state index contributed by atoms with van der Waals surface area (Å²) in [7, 11) is -6.21. The summed E-state index contributed by atoms with van der Waals surface area (Å²) >= 11 is 0. The standard InChI is InChI=1S/C19H22F6NO6S/c1-2-16(27)31-11-7-5-3-4-6-8-17(28)32-13-9-10-15(14(12-13)18(20,21)22)26-33(29,30)19(23,24)25/h9-10,12H,2-8,11H2,1H3/q-1. The van der Waals surface area contributed by atoms with E-state index in [1.54, 1.807) is 6.92 Å². The first-order valence-electron chi connectivity index (χ1n) is 9.79. The van der Waals surface area contributed by atoms with Gasteiger partial charge < -0.3 is 14.2 Å². The van der Waals surface area contributed by atoms with Gasteiger partial charge in [-0.25, -0.2) is 8.42 Å². The van der Waals surface area contributed by atoms with Crippen molar-refractivity contribution in [3.05, 3.63) is 28.5 Å². The summed E-state index contributed by atoms with van der Waals surface area (Å²) in [5.74, 6) is -1.78. The smallest absolute Gasteiger partial charge is 0.483 e. The molecule has 0 atom stereocenters. The molecule has 188 valence electrons. The molecule has 7 nitrogen and oxygen atoms in total. The number of carbonyl (C=O) groups is 2. The van der Waals surface area contributed by atoms with E-state index in [1.807, 2.05) is 0 Å². The third-order valence-corrected chi connectivity index (χ3v) is 5.12. The fraction of sp³-hybridized carbons (Fsp3) is 0.579. The number of halogens is 6. The van der Waals surface area contributed by atoms with Crippen LogP contribution in [0.1, 0.15) is 57.4 Å². The largest absolute Gasteiger partial charge is 0.569 e. The molecule has 0 saturated carbocycles. The highest BCUT2D eigenvalue weighted by Gasteiger charge is 2.40. The molecule has 0 unspecified atom stereocenters. The van der Waals surface area contributed by atoms with E-state index in [0.29, 0.717) is 31.9 Å². The molecular weight excluding hydrogens is 484 g/mol. The summed E-state index contributed by atoms with van der Waals surface area (Å²) in [6, 6.07) is 1.30. The summed E-state index contributed by atoms with van der Waals surface area (Å²) in [6.07, 6.45) is -2.00. The van der Waals surface area contributed by atoms with Crippen molar-refractivity contribution in [2.75, 3.05) is 6.61 Å². The average Bonchev–Trinajstić information content (AvgIpc) is 2.69. The maximum Gasteiger partial charge on any atom is 0.483 e. The van der Waals surface area contributed by atoms with Gasteiger partial charge in [-0.1, -0.05) is 32.3 Å². The van der Waals surface area contributed by atoms with Crippen molar-refractivity contribution in [2.45, 2.75) is 63.6 Å². The van der Waals surface area contributed by atoms with Crippen LogP contribution in [0.4, 0.5) is 32.0 Å². The van der Waals surface area contributed by atoms with E-state index in [9.17, 15) is 44.3 Å². The molecular formula is C19H22F6NO6S-. The second-order valence-corrected chi connectivity index (χ2v) is 8.35. The Morgan fingerprint density at radius 1 is 0.939 bits per heavy atom. The molecule has 0 radical (unpaired) electrons. The molecule has 0 aliphatic heterocycles. The highest BCUT2D eigenvalue weighted by Crippen LogP contribution is 2.43. The van der Waals surface area contributed by atoms with Crippen LogP contribution in [-0.4, -0.2) is 32.5 Å². The van der Waals surface area contributed by atoms with Crippen molar-refractivity contribution < 1.29 is 53.8 Å². The maximum absolute atomic E-state index is 13.2. The quantitative estimate of drug-likeness (QED) is 0.155. The summed E-state index contributed by atoms with van der Waals surface area (Å²) in [5.41, 5.74) is -9.16. The first-order valence-corrected chi connectivity index (χ1v) is 11.2. The minimum atomic E-state index is -6.21. The number of nitrogens with zero attached hydrogens (tertiary/aromatic N) is 1. The number of hydrogen-bond donors (Lipinski definition) is 0. The number of alkyl halides is 6. The van der Waals surface area contributed by atoms with Crippen molar-refractivity contribution in [1.29, 1.82) is 0 Å². The molecule has 0 aromatic heterocycles. The second kappa shape index (κ2) is 12.1. The number of rotatable bonds is 12. The van der Waals surface area contributed by atoms with Crippen LogP contribution in [-0.2, 0) is 30.5 Å². The van der Waals surface area contributed by atoms with Gasteiger partial charge in [0.05, 0.1) is 6.61 Å². The lowest BCUT2D eigenvalue weighted by atomic mass is 10.1. The number of unbranched alkanes of at least 4 members (excludes halogenated alkanes) is 4. The molecule has 14 heteroatoms. The Kier molecular flexibility index (Phi) is 10.5. The molecule has 1 rings (SSSR count). The maximum atomic E-state index is 13.2. The second-order valence-electron chi connectivity index (χ2n) is 6.75. The predicted molar refractivity (Wildman–Crippen MR) is 104 cm³/mol. The van der Waals surface area contributed by atoms with Crippen LogP contribution in [0.3, 0.4) is 0 Å². The van der Waals surface area contributed by atoms with E-state index in [1.165, 1.54) is 0 Å². The van der Waals surface area contributed by atoms with Gasteiger partial charge in [0.2, 0.25) is 0 Å². The molecule has 33 heavy (non-hydrogen) atoms. The van der Waals surface area contributed by atoms with E-state index < -0.39 is 44.7 Å². The van der Waals surface area contributed by atoms with Gasteiger partial charge >= 0.3 is 23.6 Å². The van der Waals surface area contributed by atoms with Gasteiger partial charge in [0, 0.05) is 18.4 Å². The Bertz CT molecular complexity index is 914. The van der Waals surface area contributed by atoms with Crippen LogP contribution in [0, 0.1) is 0 Å². The van der Waals surface area contributed by atoms with E-state index >= 15 is 0 Å². The first-order chi connectivity index (χ1) is 15.2. The Labute approximate surface area is 186 Å². The average molecular weight is 506 g/mol. The summed E-state index contributed by atoms with van der Waals surface area (Å²) in [5, 5.41) is 0. The fourth-order valence-electron chi connectivity index (χ4n) is 2.44. The van der Waals surface area contributed by atoms with Crippen LogP contribution in [0.25, 0.3) is 4.72 Å². The van der Waals surface area contributed by atoms with Crippen molar-refractivity contribution in [2.24, 2.45) is 0 Å². The Balaban J connectivity index is 2.61. The first kappa shape index (κ1) is 28.5. The fourth-order valence-corrected chi connectivity index (χ4v) is 2.96. The van der Waals surface area contributed by atoms with Crippen LogP contribution in [0.5, 0.6) is 5.75 Å². The lowest BCUT2D eigenvalue weighted by molar-refractivity contribution is -0.143. The zero-order valence-electron chi connectivity index (χ0n) is 17.5. The topological polar surface area (TPSA) is 101 Å². The summed E-state index contributed by atoms with van der Waals surface area (Å²) in [4.78, 5) is 22.8. The van der Waals surface area contributed by atoms with E-state index in [2.05, 4.69) is 4.72 Å². The van der Waals surface area contributed by atoms with Gasteiger partial charge in [0.1, 0.15) is 5.75 Å². The number of esters is 2. The summed E-state index contributed by atoms with van der Waals surface area (Å²) in [6.45, 7) is 1.97. The number of carbonyl (C=O) groups excluding carboxylic acids is 2. The number of benzene rings is 1. The minimum Gasteiger partial charge on any atom is -0.569 e. The van der Waals surface area contributed by atoms with Crippen molar-refractivity contribution in [3.63, 3.8) is 0 Å². The molecule has 1 aromatic carbocycles. The van der Waals surface area contributed by atoms with Crippen LogP contribution in [0.15, 0.2) is 18.2 Å². The molecule has 0 heterocycles. The van der Waals surface area contributed by atoms with Crippen molar-refractivity contribution >= 4 is 27.6 Å². The zero-order chi connectivity index (χ0) is 25.3. The molecule has 0 amide bonds. The molecule has 0 fully saturated rings. The molecule has 0 spiro atoms. The lowest BCUT2D eigenvalue weighted by Gasteiger charge is -2.27. The number of sulfonamides is 1. The molecule has 0 saturated heterocycles.